The first-order chi connectivity index (χ1) is 12.2. The maximum atomic E-state index is 9.64. The number of fused-ring (bicyclic) bond motifs is 1. The molecular weight excluding hydrogens is 310 g/mol. The average Bonchev–Trinajstić information content (AvgIpc) is 3.01. The zero-order valence-electron chi connectivity index (χ0n) is 15.2. The van der Waals surface area contributed by atoms with Crippen LogP contribution in [0.25, 0.3) is 0 Å². The molecule has 134 valence electrons. The zero-order chi connectivity index (χ0) is 17.2. The Morgan fingerprint density at radius 1 is 1.16 bits per heavy atom. The average molecular weight is 339 g/mol. The quantitative estimate of drug-likeness (QED) is 0.890. The SMILES string of the molecule is Cn1cc(CNC2CCc3cc(O)ccc3C2)c(C2CCCCC2)n1. The minimum absolute atomic E-state index is 0.387. The largest absolute Gasteiger partial charge is 0.508 e. The number of aryl methyl sites for hydroxylation is 2. The second kappa shape index (κ2) is 7.20. The van der Waals surface area contributed by atoms with E-state index in [4.69, 9.17) is 5.10 Å². The number of nitrogens with one attached hydrogen (secondary N) is 1. The van der Waals surface area contributed by atoms with Crippen LogP contribution < -0.4 is 5.32 Å². The lowest BCUT2D eigenvalue weighted by molar-refractivity contribution is 0.425. The van der Waals surface area contributed by atoms with Crippen LogP contribution in [-0.2, 0) is 26.4 Å². The van der Waals surface area contributed by atoms with Gasteiger partial charge in [0.25, 0.3) is 0 Å². The van der Waals surface area contributed by atoms with Crippen LogP contribution in [-0.4, -0.2) is 20.9 Å². The molecule has 25 heavy (non-hydrogen) atoms. The molecule has 1 fully saturated rings. The minimum Gasteiger partial charge on any atom is -0.508 e. The molecule has 4 nitrogen and oxygen atoms in total. The Morgan fingerprint density at radius 3 is 2.84 bits per heavy atom. The molecule has 1 saturated carbocycles. The summed E-state index contributed by atoms with van der Waals surface area (Å²) in [6, 6.07) is 6.32. The molecular formula is C21H29N3O. The first-order valence-electron chi connectivity index (χ1n) is 9.75. The van der Waals surface area contributed by atoms with Crippen LogP contribution in [0, 0.1) is 0 Å². The van der Waals surface area contributed by atoms with Gasteiger partial charge in [-0.1, -0.05) is 25.3 Å². The van der Waals surface area contributed by atoms with Crippen molar-refractivity contribution in [3.63, 3.8) is 0 Å². The van der Waals surface area contributed by atoms with Crippen molar-refractivity contribution in [1.29, 1.82) is 0 Å². The first-order valence-corrected chi connectivity index (χ1v) is 9.75. The van der Waals surface area contributed by atoms with Gasteiger partial charge in [0.15, 0.2) is 0 Å². The van der Waals surface area contributed by atoms with E-state index in [1.54, 1.807) is 0 Å². The molecule has 0 amide bonds. The van der Waals surface area contributed by atoms with Crippen molar-refractivity contribution in [2.45, 2.75) is 69.9 Å². The number of rotatable bonds is 4. The highest BCUT2D eigenvalue weighted by molar-refractivity contribution is 5.37. The maximum absolute atomic E-state index is 9.64. The third-order valence-corrected chi connectivity index (χ3v) is 5.93. The Morgan fingerprint density at radius 2 is 2.00 bits per heavy atom. The summed E-state index contributed by atoms with van der Waals surface area (Å²) in [4.78, 5) is 0. The molecule has 1 aromatic carbocycles. The predicted molar refractivity (Wildman–Crippen MR) is 99.8 cm³/mol. The van der Waals surface area contributed by atoms with Crippen molar-refractivity contribution in [2.24, 2.45) is 7.05 Å². The molecule has 4 rings (SSSR count). The molecule has 0 spiro atoms. The predicted octanol–water partition coefficient (Wildman–Crippen LogP) is 3.82. The Balaban J connectivity index is 1.41. The Bertz CT molecular complexity index is 731. The fraction of sp³-hybridized carbons (Fsp3) is 0.571. The zero-order valence-corrected chi connectivity index (χ0v) is 15.2. The highest BCUT2D eigenvalue weighted by Crippen LogP contribution is 2.33. The summed E-state index contributed by atoms with van der Waals surface area (Å²) < 4.78 is 1.99. The molecule has 1 atom stereocenters. The van der Waals surface area contributed by atoms with Gasteiger partial charge in [-0.2, -0.15) is 5.10 Å². The fourth-order valence-electron chi connectivity index (χ4n) is 4.58. The van der Waals surface area contributed by atoms with Crippen LogP contribution in [0.1, 0.15) is 66.8 Å². The summed E-state index contributed by atoms with van der Waals surface area (Å²) >= 11 is 0. The molecule has 2 N–H and O–H groups in total. The number of benzene rings is 1. The molecule has 2 aromatic rings. The number of aromatic hydroxyl groups is 1. The van der Waals surface area contributed by atoms with Crippen molar-refractivity contribution in [3.05, 3.63) is 46.8 Å². The van der Waals surface area contributed by atoms with Crippen LogP contribution in [0.2, 0.25) is 0 Å². The lowest BCUT2D eigenvalue weighted by Gasteiger charge is -2.26. The van der Waals surface area contributed by atoms with E-state index in [2.05, 4.69) is 17.6 Å². The summed E-state index contributed by atoms with van der Waals surface area (Å²) in [7, 11) is 2.04. The summed E-state index contributed by atoms with van der Waals surface area (Å²) in [6.07, 6.45) is 12.1. The van der Waals surface area contributed by atoms with E-state index in [9.17, 15) is 5.11 Å². The van der Waals surface area contributed by atoms with Gasteiger partial charge in [-0.05, 0) is 55.4 Å². The van der Waals surface area contributed by atoms with E-state index in [-0.39, 0.29) is 0 Å². The molecule has 2 aliphatic carbocycles. The summed E-state index contributed by atoms with van der Waals surface area (Å²) in [5, 5.41) is 18.2. The number of phenolic OH excluding ortho intramolecular Hbond substituents is 1. The lowest BCUT2D eigenvalue weighted by Crippen LogP contribution is -2.34. The van der Waals surface area contributed by atoms with Crippen molar-refractivity contribution in [1.82, 2.24) is 15.1 Å². The molecule has 2 aliphatic rings. The summed E-state index contributed by atoms with van der Waals surface area (Å²) in [6.45, 7) is 0.914. The van der Waals surface area contributed by atoms with Gasteiger partial charge in [0.05, 0.1) is 5.69 Å². The summed E-state index contributed by atoms with van der Waals surface area (Å²) in [5.74, 6) is 1.04. The Hall–Kier alpha value is -1.81. The normalized spacial score (nSPS) is 21.2. The number of phenols is 1. The van der Waals surface area contributed by atoms with Gasteiger partial charge >= 0.3 is 0 Å². The Labute approximate surface area is 150 Å². The molecule has 0 radical (unpaired) electrons. The van der Waals surface area contributed by atoms with Crippen molar-refractivity contribution in [2.75, 3.05) is 0 Å². The van der Waals surface area contributed by atoms with Crippen LogP contribution in [0.3, 0.4) is 0 Å². The van der Waals surface area contributed by atoms with Crippen molar-refractivity contribution in [3.8, 4) is 5.75 Å². The molecule has 4 heteroatoms. The van der Waals surface area contributed by atoms with Gasteiger partial charge in [-0.25, -0.2) is 0 Å². The second-order valence-corrected chi connectivity index (χ2v) is 7.82. The third kappa shape index (κ3) is 3.74. The number of hydrogen-bond acceptors (Lipinski definition) is 3. The maximum Gasteiger partial charge on any atom is 0.115 e. The van der Waals surface area contributed by atoms with Gasteiger partial charge in [0.1, 0.15) is 5.75 Å². The highest BCUT2D eigenvalue weighted by atomic mass is 16.3. The van der Waals surface area contributed by atoms with Gasteiger partial charge in [-0.3, -0.25) is 4.68 Å². The second-order valence-electron chi connectivity index (χ2n) is 7.82. The molecule has 1 heterocycles. The van der Waals surface area contributed by atoms with E-state index >= 15 is 0 Å². The number of hydrogen-bond donors (Lipinski definition) is 2. The topological polar surface area (TPSA) is 50.1 Å². The molecule has 1 unspecified atom stereocenters. The lowest BCUT2D eigenvalue weighted by atomic mass is 9.85. The van der Waals surface area contributed by atoms with E-state index < -0.39 is 0 Å². The number of nitrogens with zero attached hydrogens (tertiary/aromatic N) is 2. The monoisotopic (exact) mass is 339 g/mol. The van der Waals surface area contributed by atoms with E-state index in [0.29, 0.717) is 17.7 Å². The van der Waals surface area contributed by atoms with E-state index in [1.165, 1.54) is 54.5 Å². The first kappa shape index (κ1) is 16.6. The third-order valence-electron chi connectivity index (χ3n) is 5.93. The fourth-order valence-corrected chi connectivity index (χ4v) is 4.58. The summed E-state index contributed by atoms with van der Waals surface area (Å²) in [5.41, 5.74) is 5.39. The Kier molecular flexibility index (Phi) is 4.80. The van der Waals surface area contributed by atoms with Gasteiger partial charge in [-0.15, -0.1) is 0 Å². The molecule has 0 aliphatic heterocycles. The van der Waals surface area contributed by atoms with Gasteiger partial charge in [0, 0.05) is 37.3 Å². The van der Waals surface area contributed by atoms with Crippen LogP contribution in [0.5, 0.6) is 5.75 Å². The van der Waals surface area contributed by atoms with Crippen LogP contribution in [0.15, 0.2) is 24.4 Å². The van der Waals surface area contributed by atoms with Gasteiger partial charge < -0.3 is 10.4 Å². The molecule has 0 saturated heterocycles. The smallest absolute Gasteiger partial charge is 0.115 e. The van der Waals surface area contributed by atoms with E-state index in [0.717, 1.165) is 25.8 Å². The van der Waals surface area contributed by atoms with Gasteiger partial charge in [0.2, 0.25) is 0 Å². The number of aromatic nitrogens is 2. The van der Waals surface area contributed by atoms with Crippen molar-refractivity contribution < 1.29 is 5.11 Å². The molecule has 0 bridgehead atoms. The minimum atomic E-state index is 0.387. The van der Waals surface area contributed by atoms with E-state index in [1.807, 2.05) is 23.9 Å². The standard InChI is InChI=1S/C21H29N3O/c1-24-14-18(21(23-24)15-5-3-2-4-6-15)13-22-19-9-7-17-12-20(25)10-8-16(17)11-19/h8,10,12,14-15,19,22,25H,2-7,9,11,13H2,1H3. The molecule has 1 aromatic heterocycles. The van der Waals surface area contributed by atoms with Crippen LogP contribution >= 0.6 is 0 Å². The van der Waals surface area contributed by atoms with Crippen molar-refractivity contribution >= 4 is 0 Å². The highest BCUT2D eigenvalue weighted by Gasteiger charge is 2.23. The van der Waals surface area contributed by atoms with Crippen LogP contribution in [0.4, 0.5) is 0 Å².